The molecule has 31 heavy (non-hydrogen) atoms. The van der Waals surface area contributed by atoms with Crippen molar-refractivity contribution in [3.05, 3.63) is 77.9 Å². The van der Waals surface area contributed by atoms with E-state index < -0.39 is 5.97 Å². The zero-order chi connectivity index (χ0) is 21.8. The van der Waals surface area contributed by atoms with Crippen LogP contribution in [0.15, 0.2) is 66.7 Å². The Labute approximate surface area is 183 Å². The topological polar surface area (TPSA) is 69.6 Å². The molecule has 0 spiro atoms. The number of aliphatic carboxylic acids is 1. The third kappa shape index (κ3) is 5.09. The van der Waals surface area contributed by atoms with Gasteiger partial charge < -0.3 is 10.0 Å². The number of carboxylic acid groups (broad SMARTS) is 1. The van der Waals surface area contributed by atoms with Crippen LogP contribution in [0.5, 0.6) is 0 Å². The minimum absolute atomic E-state index is 0.0599. The molecule has 0 bridgehead atoms. The molecular formula is C25H28N4O2. The van der Waals surface area contributed by atoms with Crippen molar-refractivity contribution >= 4 is 11.8 Å². The first-order valence-electron chi connectivity index (χ1n) is 10.7. The summed E-state index contributed by atoms with van der Waals surface area (Å²) in [6.45, 7) is 7.02. The lowest BCUT2D eigenvalue weighted by Crippen LogP contribution is -2.56. The van der Waals surface area contributed by atoms with Gasteiger partial charge in [0, 0.05) is 37.3 Å². The molecule has 3 aromatic rings. The van der Waals surface area contributed by atoms with Crippen LogP contribution in [0.25, 0.3) is 11.3 Å². The maximum atomic E-state index is 11.0. The number of rotatable bonds is 6. The summed E-state index contributed by atoms with van der Waals surface area (Å²) in [5.74, 6) is 0.105. The summed E-state index contributed by atoms with van der Waals surface area (Å²) in [7, 11) is 0. The van der Waals surface area contributed by atoms with E-state index >= 15 is 0 Å². The average molecular weight is 417 g/mol. The molecule has 1 saturated heterocycles. The zero-order valence-electron chi connectivity index (χ0n) is 18.0. The predicted molar refractivity (Wildman–Crippen MR) is 122 cm³/mol. The van der Waals surface area contributed by atoms with Crippen molar-refractivity contribution in [1.82, 2.24) is 15.1 Å². The highest BCUT2D eigenvalue weighted by atomic mass is 16.4. The smallest absolute Gasteiger partial charge is 0.307 e. The Balaban J connectivity index is 1.43. The number of aromatic nitrogens is 2. The number of nitrogens with zero attached hydrogens (tertiary/aromatic N) is 4. The normalized spacial score (nSPS) is 19.4. The van der Waals surface area contributed by atoms with Gasteiger partial charge in [-0.15, -0.1) is 10.2 Å². The molecule has 2 aromatic carbocycles. The second-order valence-corrected chi connectivity index (χ2v) is 8.31. The van der Waals surface area contributed by atoms with Crippen LogP contribution >= 0.6 is 0 Å². The molecule has 0 amide bonds. The number of piperazine rings is 1. The van der Waals surface area contributed by atoms with Crippen LogP contribution in [0.4, 0.5) is 5.82 Å². The molecule has 1 fully saturated rings. The molecule has 160 valence electrons. The summed E-state index contributed by atoms with van der Waals surface area (Å²) in [4.78, 5) is 15.8. The van der Waals surface area contributed by atoms with Crippen LogP contribution in [0.2, 0.25) is 0 Å². The second kappa shape index (κ2) is 9.27. The molecule has 0 saturated carbocycles. The van der Waals surface area contributed by atoms with Crippen molar-refractivity contribution in [2.75, 3.05) is 18.0 Å². The van der Waals surface area contributed by atoms with E-state index in [1.54, 1.807) is 0 Å². The van der Waals surface area contributed by atoms with Crippen LogP contribution in [-0.2, 0) is 17.8 Å². The molecule has 6 nitrogen and oxygen atoms in total. The highest BCUT2D eigenvalue weighted by molar-refractivity contribution is 5.70. The maximum Gasteiger partial charge on any atom is 0.307 e. The molecule has 1 unspecified atom stereocenters. The Bertz CT molecular complexity index is 1010. The predicted octanol–water partition coefficient (Wildman–Crippen LogP) is 3.87. The number of hydrogen-bond donors (Lipinski definition) is 1. The Hall–Kier alpha value is -3.25. The molecule has 2 heterocycles. The van der Waals surface area contributed by atoms with Crippen LogP contribution in [0, 0.1) is 0 Å². The van der Waals surface area contributed by atoms with Crippen LogP contribution in [-0.4, -0.2) is 51.3 Å². The van der Waals surface area contributed by atoms with Gasteiger partial charge in [-0.3, -0.25) is 9.69 Å². The van der Waals surface area contributed by atoms with E-state index in [1.807, 2.05) is 54.6 Å². The zero-order valence-corrected chi connectivity index (χ0v) is 18.0. The van der Waals surface area contributed by atoms with Gasteiger partial charge in [0.2, 0.25) is 0 Å². The minimum atomic E-state index is -0.799. The third-order valence-electron chi connectivity index (χ3n) is 5.86. The number of hydrogen-bond acceptors (Lipinski definition) is 5. The molecule has 0 radical (unpaired) electrons. The van der Waals surface area contributed by atoms with Crippen LogP contribution < -0.4 is 4.90 Å². The molecular weight excluding hydrogens is 388 g/mol. The first kappa shape index (κ1) is 21.0. The highest BCUT2D eigenvalue weighted by Crippen LogP contribution is 2.24. The molecule has 0 aliphatic carbocycles. The lowest BCUT2D eigenvalue weighted by Gasteiger charge is -2.45. The summed E-state index contributed by atoms with van der Waals surface area (Å²) in [6.07, 6.45) is 0.0599. The van der Waals surface area contributed by atoms with Crippen molar-refractivity contribution < 1.29 is 9.90 Å². The van der Waals surface area contributed by atoms with Gasteiger partial charge in [-0.1, -0.05) is 54.6 Å². The monoisotopic (exact) mass is 416 g/mol. The largest absolute Gasteiger partial charge is 0.481 e. The first-order valence-corrected chi connectivity index (χ1v) is 10.7. The van der Waals surface area contributed by atoms with E-state index in [2.05, 4.69) is 46.0 Å². The van der Waals surface area contributed by atoms with Gasteiger partial charge in [0.1, 0.15) is 0 Å². The second-order valence-electron chi connectivity index (χ2n) is 8.31. The van der Waals surface area contributed by atoms with Gasteiger partial charge in [-0.25, -0.2) is 0 Å². The Morgan fingerprint density at radius 1 is 0.935 bits per heavy atom. The molecule has 1 aliphatic rings. The summed E-state index contributed by atoms with van der Waals surface area (Å²) < 4.78 is 0. The van der Waals surface area contributed by atoms with Crippen molar-refractivity contribution in [2.24, 2.45) is 0 Å². The summed E-state index contributed by atoms with van der Waals surface area (Å²) >= 11 is 0. The minimum Gasteiger partial charge on any atom is -0.481 e. The van der Waals surface area contributed by atoms with Gasteiger partial charge >= 0.3 is 5.97 Å². The Kier molecular flexibility index (Phi) is 6.28. The standard InChI is InChI=1S/C25H28N4O2/c1-18-15-28(24-12-11-23(26-27-24)22-9-4-3-5-10-22)16-19(2)29(18)17-21-8-6-7-20(13-21)14-25(30)31/h3-13,18-19H,14-17H2,1-2H3,(H,30,31)/t18-,19?/m0/s1. The van der Waals surface area contributed by atoms with Gasteiger partial charge in [0.25, 0.3) is 0 Å². The van der Waals surface area contributed by atoms with Crippen molar-refractivity contribution in [3.63, 3.8) is 0 Å². The first-order chi connectivity index (χ1) is 15.0. The summed E-state index contributed by atoms with van der Waals surface area (Å²) in [5, 5.41) is 18.0. The van der Waals surface area contributed by atoms with Crippen molar-refractivity contribution in [1.29, 1.82) is 0 Å². The van der Waals surface area contributed by atoms with Gasteiger partial charge in [-0.05, 0) is 37.1 Å². The van der Waals surface area contributed by atoms with Crippen molar-refractivity contribution in [2.45, 2.75) is 38.9 Å². The SMILES string of the molecule is CC1CN(c2ccc(-c3ccccc3)nn2)C[C@H](C)N1Cc1cccc(CC(=O)O)c1. The molecule has 1 N–H and O–H groups in total. The molecule has 4 rings (SSSR count). The fraction of sp³-hybridized carbons (Fsp3) is 0.320. The number of benzene rings is 2. The van der Waals surface area contributed by atoms with Crippen LogP contribution in [0.3, 0.4) is 0 Å². The Morgan fingerprint density at radius 3 is 2.29 bits per heavy atom. The van der Waals surface area contributed by atoms with E-state index in [0.717, 1.165) is 47.8 Å². The molecule has 2 atom stereocenters. The van der Waals surface area contributed by atoms with E-state index in [0.29, 0.717) is 12.1 Å². The van der Waals surface area contributed by atoms with E-state index in [9.17, 15) is 4.79 Å². The number of carbonyl (C=O) groups is 1. The lowest BCUT2D eigenvalue weighted by molar-refractivity contribution is -0.136. The van der Waals surface area contributed by atoms with Gasteiger partial charge in [0.15, 0.2) is 5.82 Å². The quantitative estimate of drug-likeness (QED) is 0.658. The summed E-state index contributed by atoms with van der Waals surface area (Å²) in [5.41, 5.74) is 3.94. The van der Waals surface area contributed by atoms with E-state index in [1.165, 1.54) is 0 Å². The fourth-order valence-electron chi connectivity index (χ4n) is 4.34. The third-order valence-corrected chi connectivity index (χ3v) is 5.86. The van der Waals surface area contributed by atoms with Crippen molar-refractivity contribution in [3.8, 4) is 11.3 Å². The molecule has 6 heteroatoms. The van der Waals surface area contributed by atoms with E-state index in [4.69, 9.17) is 5.11 Å². The Morgan fingerprint density at radius 2 is 1.65 bits per heavy atom. The fourth-order valence-corrected chi connectivity index (χ4v) is 4.34. The average Bonchev–Trinajstić information content (AvgIpc) is 2.77. The van der Waals surface area contributed by atoms with Gasteiger partial charge in [0.05, 0.1) is 12.1 Å². The van der Waals surface area contributed by atoms with Crippen LogP contribution in [0.1, 0.15) is 25.0 Å². The lowest BCUT2D eigenvalue weighted by atomic mass is 10.0. The molecule has 1 aliphatic heterocycles. The van der Waals surface area contributed by atoms with Gasteiger partial charge in [-0.2, -0.15) is 0 Å². The van der Waals surface area contributed by atoms with E-state index in [-0.39, 0.29) is 6.42 Å². The number of anilines is 1. The maximum absolute atomic E-state index is 11.0. The number of carboxylic acids is 1. The highest BCUT2D eigenvalue weighted by Gasteiger charge is 2.30. The summed E-state index contributed by atoms with van der Waals surface area (Å²) in [6, 6.07) is 22.8. The molecule has 1 aromatic heterocycles.